The van der Waals surface area contributed by atoms with Gasteiger partial charge in [0.2, 0.25) is 5.95 Å². The van der Waals surface area contributed by atoms with Crippen LogP contribution in [0.4, 0.5) is 14.7 Å². The third-order valence-electron chi connectivity index (χ3n) is 4.77. The van der Waals surface area contributed by atoms with Gasteiger partial charge in [0.15, 0.2) is 0 Å². The molecule has 4 rings (SSSR count). The van der Waals surface area contributed by atoms with Gasteiger partial charge in [-0.1, -0.05) is 6.07 Å². The fourth-order valence-corrected chi connectivity index (χ4v) is 3.92. The van der Waals surface area contributed by atoms with Crippen molar-refractivity contribution in [2.75, 3.05) is 24.2 Å². The summed E-state index contributed by atoms with van der Waals surface area (Å²) in [6, 6.07) is 7.38. The van der Waals surface area contributed by atoms with E-state index in [1.165, 1.54) is 11.8 Å². The number of rotatable bonds is 3. The molecule has 134 valence electrons. The van der Waals surface area contributed by atoms with E-state index < -0.39 is 12.0 Å². The Bertz CT molecular complexity index is 922. The van der Waals surface area contributed by atoms with E-state index in [4.69, 9.17) is 0 Å². The summed E-state index contributed by atoms with van der Waals surface area (Å²) < 4.78 is 28.7. The topological polar surface area (TPSA) is 73.0 Å². The van der Waals surface area contributed by atoms with Gasteiger partial charge in [-0.15, -0.1) is 11.8 Å². The molecule has 1 saturated heterocycles. The predicted octanol–water partition coefficient (Wildman–Crippen LogP) is 2.96. The van der Waals surface area contributed by atoms with Crippen molar-refractivity contribution in [2.24, 2.45) is 0 Å². The van der Waals surface area contributed by atoms with Crippen LogP contribution in [0.1, 0.15) is 23.2 Å². The van der Waals surface area contributed by atoms with Gasteiger partial charge in [0.1, 0.15) is 11.8 Å². The number of anilines is 1. The van der Waals surface area contributed by atoms with Crippen LogP contribution in [0.2, 0.25) is 0 Å². The maximum absolute atomic E-state index is 14.3. The van der Waals surface area contributed by atoms with Crippen molar-refractivity contribution in [3.63, 3.8) is 0 Å². The summed E-state index contributed by atoms with van der Waals surface area (Å²) >= 11 is 1.43. The summed E-state index contributed by atoms with van der Waals surface area (Å²) in [5, 5.41) is 18.7. The molecule has 0 spiro atoms. The molecule has 8 heteroatoms. The number of benzene rings is 1. The summed E-state index contributed by atoms with van der Waals surface area (Å²) in [6.07, 6.45) is 1.33. The van der Waals surface area contributed by atoms with E-state index in [9.17, 15) is 19.1 Å². The Balaban J connectivity index is 1.87. The van der Waals surface area contributed by atoms with E-state index in [1.807, 2.05) is 12.3 Å². The molecule has 26 heavy (non-hydrogen) atoms. The highest BCUT2D eigenvalue weighted by Crippen LogP contribution is 2.45. The van der Waals surface area contributed by atoms with Crippen LogP contribution in [-0.4, -0.2) is 40.5 Å². The van der Waals surface area contributed by atoms with E-state index in [1.54, 1.807) is 17.0 Å². The van der Waals surface area contributed by atoms with E-state index in [-0.39, 0.29) is 24.5 Å². The largest absolute Gasteiger partial charge is 0.389 e. The number of hydrogen-bond donors (Lipinski definition) is 1. The molecule has 5 nitrogen and oxygen atoms in total. The Hall–Kier alpha value is -2.24. The first-order valence-electron chi connectivity index (χ1n) is 8.23. The van der Waals surface area contributed by atoms with Crippen molar-refractivity contribution in [1.29, 1.82) is 5.26 Å². The van der Waals surface area contributed by atoms with Crippen LogP contribution in [0, 0.1) is 11.3 Å². The van der Waals surface area contributed by atoms with Gasteiger partial charge in [-0.25, -0.2) is 9.97 Å². The summed E-state index contributed by atoms with van der Waals surface area (Å²) in [7, 11) is 0. The number of fused-ring (bicyclic) bond motifs is 1. The van der Waals surface area contributed by atoms with Crippen molar-refractivity contribution in [1.82, 2.24) is 9.97 Å². The summed E-state index contributed by atoms with van der Waals surface area (Å²) in [5.41, 5.74) is 1.99. The first-order valence-corrected chi connectivity index (χ1v) is 9.46. The van der Waals surface area contributed by atoms with Crippen LogP contribution in [-0.2, 0) is 12.3 Å². The second-order valence-corrected chi connectivity index (χ2v) is 7.34. The normalized spacial score (nSPS) is 18.3. The van der Waals surface area contributed by atoms with E-state index in [0.717, 1.165) is 4.90 Å². The third-order valence-corrected chi connectivity index (χ3v) is 5.55. The maximum atomic E-state index is 14.3. The zero-order valence-corrected chi connectivity index (χ0v) is 14.9. The Morgan fingerprint density at radius 3 is 2.77 bits per heavy atom. The molecule has 1 fully saturated rings. The summed E-state index contributed by atoms with van der Waals surface area (Å²) in [6.45, 7) is 0.681. The van der Waals surface area contributed by atoms with Crippen molar-refractivity contribution >= 4 is 17.7 Å². The van der Waals surface area contributed by atoms with Gasteiger partial charge >= 0.3 is 0 Å². The highest BCUT2D eigenvalue weighted by atomic mass is 32.2. The third kappa shape index (κ3) is 2.72. The lowest BCUT2D eigenvalue weighted by Crippen LogP contribution is -2.51. The molecule has 2 aliphatic rings. The number of β-amino-alcohol motifs (C(OH)–C–C–N with tert-alkyl or cyclic N) is 1. The number of aliphatic hydroxyl groups is 1. The van der Waals surface area contributed by atoms with Crippen LogP contribution >= 0.6 is 11.8 Å². The standard InChI is InChI=1S/C18H16F2N4OS/c1-26-14-6-10(2-3-11(14)7-21)15-13-4-5-18(19,20)16(13)23-17(22-15)24-8-12(25)9-24/h2-3,6,12,25H,4-5,8-9H2,1H3. The molecule has 1 aromatic carbocycles. The van der Waals surface area contributed by atoms with Crippen LogP contribution in [0.3, 0.4) is 0 Å². The van der Waals surface area contributed by atoms with Crippen LogP contribution in [0.25, 0.3) is 11.3 Å². The minimum absolute atomic E-state index is 0.214. The lowest BCUT2D eigenvalue weighted by atomic mass is 10.0. The number of hydrogen-bond acceptors (Lipinski definition) is 6. The predicted molar refractivity (Wildman–Crippen MR) is 94.4 cm³/mol. The van der Waals surface area contributed by atoms with Gasteiger partial charge in [-0.05, 0) is 24.8 Å². The lowest BCUT2D eigenvalue weighted by molar-refractivity contribution is -0.00596. The molecule has 2 heterocycles. The average Bonchev–Trinajstić information content (AvgIpc) is 2.92. The Labute approximate surface area is 153 Å². The molecule has 0 amide bonds. The van der Waals surface area contributed by atoms with Gasteiger partial charge in [-0.3, -0.25) is 0 Å². The van der Waals surface area contributed by atoms with Crippen LogP contribution < -0.4 is 4.90 Å². The number of alkyl halides is 2. The van der Waals surface area contributed by atoms with Crippen LogP contribution in [0.15, 0.2) is 23.1 Å². The fourth-order valence-electron chi connectivity index (χ4n) is 3.34. The minimum Gasteiger partial charge on any atom is -0.389 e. The SMILES string of the molecule is CSc1cc(-c2nc(N3CC(O)C3)nc3c2CCC3(F)F)ccc1C#N. The molecular weight excluding hydrogens is 358 g/mol. The van der Waals surface area contributed by atoms with Crippen molar-refractivity contribution in [2.45, 2.75) is 29.8 Å². The van der Waals surface area contributed by atoms with Gasteiger partial charge < -0.3 is 10.0 Å². The first kappa shape index (κ1) is 17.2. The molecule has 2 aromatic rings. The van der Waals surface area contributed by atoms with Gasteiger partial charge in [0.05, 0.1) is 17.4 Å². The molecule has 0 unspecified atom stereocenters. The maximum Gasteiger partial charge on any atom is 0.290 e. The number of thioether (sulfide) groups is 1. The highest BCUT2D eigenvalue weighted by Gasteiger charge is 2.44. The molecule has 0 saturated carbocycles. The van der Waals surface area contributed by atoms with Crippen LogP contribution in [0.5, 0.6) is 0 Å². The molecule has 1 aliphatic heterocycles. The smallest absolute Gasteiger partial charge is 0.290 e. The minimum atomic E-state index is -2.97. The Morgan fingerprint density at radius 2 is 2.12 bits per heavy atom. The van der Waals surface area contributed by atoms with E-state index >= 15 is 0 Å². The number of aromatic nitrogens is 2. The van der Waals surface area contributed by atoms with E-state index in [2.05, 4.69) is 16.0 Å². The van der Waals surface area contributed by atoms with Crippen molar-refractivity contribution in [3.05, 3.63) is 35.0 Å². The van der Waals surface area contributed by atoms with E-state index in [0.29, 0.717) is 35.5 Å². The molecule has 0 radical (unpaired) electrons. The number of halogens is 2. The average molecular weight is 374 g/mol. The Morgan fingerprint density at radius 1 is 1.35 bits per heavy atom. The zero-order chi connectivity index (χ0) is 18.5. The molecule has 0 atom stereocenters. The summed E-state index contributed by atoms with van der Waals surface area (Å²) in [5.74, 6) is -2.75. The van der Waals surface area contributed by atoms with Gasteiger partial charge in [-0.2, -0.15) is 14.0 Å². The second kappa shape index (κ2) is 6.18. The number of aliphatic hydroxyl groups excluding tert-OH is 1. The lowest BCUT2D eigenvalue weighted by Gasteiger charge is -2.36. The molecule has 1 N–H and O–H groups in total. The summed E-state index contributed by atoms with van der Waals surface area (Å²) in [4.78, 5) is 11.1. The van der Waals surface area contributed by atoms with Gasteiger partial charge in [0, 0.05) is 35.5 Å². The number of nitrogens with zero attached hydrogens (tertiary/aromatic N) is 4. The molecule has 1 aliphatic carbocycles. The van der Waals surface area contributed by atoms with Crippen molar-refractivity contribution in [3.8, 4) is 17.3 Å². The Kier molecular flexibility index (Phi) is 4.09. The van der Waals surface area contributed by atoms with Crippen molar-refractivity contribution < 1.29 is 13.9 Å². The van der Waals surface area contributed by atoms with Gasteiger partial charge in [0.25, 0.3) is 5.92 Å². The molecule has 0 bridgehead atoms. The zero-order valence-electron chi connectivity index (χ0n) is 14.0. The second-order valence-electron chi connectivity index (χ2n) is 6.49. The monoisotopic (exact) mass is 374 g/mol. The number of nitriles is 1. The molecular formula is C18H16F2N4OS. The first-order chi connectivity index (χ1) is 12.4. The quantitative estimate of drug-likeness (QED) is 0.833. The molecule has 1 aromatic heterocycles. The highest BCUT2D eigenvalue weighted by molar-refractivity contribution is 7.98. The fraction of sp³-hybridized carbons (Fsp3) is 0.389.